The van der Waals surface area contributed by atoms with Crippen molar-refractivity contribution in [2.45, 2.75) is 12.8 Å². The molecule has 0 fully saturated rings. The van der Waals surface area contributed by atoms with Gasteiger partial charge in [0.2, 0.25) is 5.88 Å². The lowest BCUT2D eigenvalue weighted by Crippen LogP contribution is -2.26. The van der Waals surface area contributed by atoms with Crippen molar-refractivity contribution in [1.82, 2.24) is 0 Å². The van der Waals surface area contributed by atoms with Gasteiger partial charge in [-0.3, -0.25) is 0 Å². The fourth-order valence-electron chi connectivity index (χ4n) is 3.24. The van der Waals surface area contributed by atoms with Gasteiger partial charge in [0.1, 0.15) is 23.2 Å². The summed E-state index contributed by atoms with van der Waals surface area (Å²) >= 11 is 0. The predicted octanol–water partition coefficient (Wildman–Crippen LogP) is 3.32. The van der Waals surface area contributed by atoms with Crippen molar-refractivity contribution in [3.8, 4) is 11.8 Å². The van der Waals surface area contributed by atoms with Crippen molar-refractivity contribution in [1.29, 1.82) is 5.26 Å². The van der Waals surface area contributed by atoms with Crippen LogP contribution in [0.3, 0.4) is 0 Å². The van der Waals surface area contributed by atoms with Gasteiger partial charge in [0.05, 0.1) is 11.5 Å². The van der Waals surface area contributed by atoms with Crippen molar-refractivity contribution < 1.29 is 9.15 Å². The summed E-state index contributed by atoms with van der Waals surface area (Å²) in [6.07, 6.45) is 0. The van der Waals surface area contributed by atoms with Crippen LogP contribution in [0.4, 0.5) is 0 Å². The van der Waals surface area contributed by atoms with Crippen LogP contribution in [0.1, 0.15) is 22.8 Å². The van der Waals surface area contributed by atoms with Crippen molar-refractivity contribution in [2.75, 3.05) is 0 Å². The third kappa shape index (κ3) is 2.36. The molecule has 0 saturated heterocycles. The number of nitrogens with two attached hydrogens (primary N) is 1. The highest BCUT2D eigenvalue weighted by atomic mass is 16.5. The van der Waals surface area contributed by atoms with Crippen LogP contribution < -0.4 is 16.1 Å². The maximum atomic E-state index is 12.5. The molecule has 2 heterocycles. The van der Waals surface area contributed by atoms with Crippen molar-refractivity contribution in [3.63, 3.8) is 0 Å². The Labute approximate surface area is 143 Å². The number of nitriles is 1. The maximum absolute atomic E-state index is 12.5. The fraction of sp³-hybridized carbons (Fsp3) is 0.100. The van der Waals surface area contributed by atoms with E-state index in [1.165, 1.54) is 0 Å². The monoisotopic (exact) mass is 330 g/mol. The van der Waals surface area contributed by atoms with Crippen molar-refractivity contribution in [3.05, 3.63) is 87.3 Å². The summed E-state index contributed by atoms with van der Waals surface area (Å²) in [5.41, 5.74) is 6.72. The second-order valence-corrected chi connectivity index (χ2v) is 5.95. The molecule has 122 valence electrons. The molecule has 1 aliphatic rings. The summed E-state index contributed by atoms with van der Waals surface area (Å²) < 4.78 is 10.7. The van der Waals surface area contributed by atoms with Gasteiger partial charge in [-0.05, 0) is 23.3 Å². The number of fused-ring (bicyclic) bond motifs is 2. The van der Waals surface area contributed by atoms with Crippen LogP contribution in [0, 0.1) is 18.3 Å². The van der Waals surface area contributed by atoms with Gasteiger partial charge in [0.25, 0.3) is 0 Å². The molecule has 0 aliphatic carbocycles. The number of rotatable bonds is 1. The molecule has 3 aromatic rings. The quantitative estimate of drug-likeness (QED) is 0.739. The lowest BCUT2D eigenvalue weighted by atomic mass is 9.83. The zero-order chi connectivity index (χ0) is 17.6. The van der Waals surface area contributed by atoms with Crippen LogP contribution in [0.25, 0.3) is 10.8 Å². The first-order chi connectivity index (χ1) is 12.1. The molecule has 0 saturated carbocycles. The van der Waals surface area contributed by atoms with Crippen LogP contribution in [-0.4, -0.2) is 0 Å². The van der Waals surface area contributed by atoms with Gasteiger partial charge >= 0.3 is 5.63 Å². The van der Waals surface area contributed by atoms with E-state index in [-0.39, 0.29) is 11.5 Å². The highest BCUT2D eigenvalue weighted by Crippen LogP contribution is 2.41. The van der Waals surface area contributed by atoms with E-state index in [4.69, 9.17) is 14.9 Å². The summed E-state index contributed by atoms with van der Waals surface area (Å²) in [4.78, 5) is 12.5. The second kappa shape index (κ2) is 5.53. The number of allylic oxidation sites excluding steroid dienone is 1. The maximum Gasteiger partial charge on any atom is 0.343 e. The van der Waals surface area contributed by atoms with Crippen LogP contribution in [0.15, 0.2) is 69.2 Å². The number of aryl methyl sites for hydroxylation is 1. The van der Waals surface area contributed by atoms with Gasteiger partial charge in [-0.15, -0.1) is 0 Å². The van der Waals surface area contributed by atoms with E-state index in [1.54, 1.807) is 13.0 Å². The molecule has 4 rings (SSSR count). The van der Waals surface area contributed by atoms with Gasteiger partial charge in [0.15, 0.2) is 0 Å². The summed E-state index contributed by atoms with van der Waals surface area (Å²) in [6.45, 7) is 1.66. The third-order valence-corrected chi connectivity index (χ3v) is 4.36. The van der Waals surface area contributed by atoms with Crippen molar-refractivity contribution >= 4 is 10.8 Å². The zero-order valence-corrected chi connectivity index (χ0v) is 13.4. The topological polar surface area (TPSA) is 89.2 Å². The van der Waals surface area contributed by atoms with Gasteiger partial charge in [-0.2, -0.15) is 5.26 Å². The molecule has 2 aromatic carbocycles. The lowest BCUT2D eigenvalue weighted by molar-refractivity contribution is 0.371. The summed E-state index contributed by atoms with van der Waals surface area (Å²) in [5.74, 6) is 0.158. The average Bonchev–Trinajstić information content (AvgIpc) is 2.59. The van der Waals surface area contributed by atoms with Crippen LogP contribution in [0.5, 0.6) is 5.75 Å². The predicted molar refractivity (Wildman–Crippen MR) is 93.0 cm³/mol. The van der Waals surface area contributed by atoms with E-state index < -0.39 is 11.5 Å². The summed E-state index contributed by atoms with van der Waals surface area (Å²) in [6, 6.07) is 17.4. The highest BCUT2D eigenvalue weighted by Gasteiger charge is 2.34. The SMILES string of the molecule is Cc1cc2c(c(=O)o1)[C@@H](c1ccc3ccccc3c1)C(C#N)=C(N)O2. The minimum atomic E-state index is -0.616. The van der Waals surface area contributed by atoms with E-state index in [0.717, 1.165) is 16.3 Å². The van der Waals surface area contributed by atoms with Gasteiger partial charge < -0.3 is 14.9 Å². The van der Waals surface area contributed by atoms with Crippen molar-refractivity contribution in [2.24, 2.45) is 5.73 Å². The molecule has 0 bridgehead atoms. The molecular weight excluding hydrogens is 316 g/mol. The first-order valence-electron chi connectivity index (χ1n) is 7.79. The molecule has 1 aromatic heterocycles. The molecule has 0 unspecified atom stereocenters. The molecule has 5 nitrogen and oxygen atoms in total. The van der Waals surface area contributed by atoms with E-state index in [0.29, 0.717) is 17.1 Å². The lowest BCUT2D eigenvalue weighted by Gasteiger charge is -2.25. The van der Waals surface area contributed by atoms with Gasteiger partial charge in [-0.25, -0.2) is 4.79 Å². The Hall–Kier alpha value is -3.52. The van der Waals surface area contributed by atoms with Gasteiger partial charge in [0, 0.05) is 6.07 Å². The molecule has 0 radical (unpaired) electrons. The number of hydrogen-bond acceptors (Lipinski definition) is 5. The molecule has 5 heteroatoms. The number of hydrogen-bond donors (Lipinski definition) is 1. The van der Waals surface area contributed by atoms with Crippen LogP contribution in [-0.2, 0) is 0 Å². The van der Waals surface area contributed by atoms with Crippen LogP contribution >= 0.6 is 0 Å². The average molecular weight is 330 g/mol. The Morgan fingerprint density at radius 1 is 1.12 bits per heavy atom. The Morgan fingerprint density at radius 3 is 2.64 bits per heavy atom. The molecule has 0 amide bonds. The number of nitrogens with zero attached hydrogens (tertiary/aromatic N) is 1. The molecule has 25 heavy (non-hydrogen) atoms. The Kier molecular flexibility index (Phi) is 3.33. The van der Waals surface area contributed by atoms with Gasteiger partial charge in [-0.1, -0.05) is 42.5 Å². The van der Waals surface area contributed by atoms with E-state index in [9.17, 15) is 10.1 Å². The Bertz CT molecular complexity index is 1140. The Morgan fingerprint density at radius 2 is 1.88 bits per heavy atom. The molecule has 1 aliphatic heterocycles. The Balaban J connectivity index is 2.01. The van der Waals surface area contributed by atoms with E-state index in [2.05, 4.69) is 6.07 Å². The summed E-state index contributed by atoms with van der Waals surface area (Å²) in [7, 11) is 0. The zero-order valence-electron chi connectivity index (χ0n) is 13.4. The minimum absolute atomic E-state index is 0.0122. The first kappa shape index (κ1) is 15.0. The summed E-state index contributed by atoms with van der Waals surface area (Å²) in [5, 5.41) is 11.7. The smallest absolute Gasteiger partial charge is 0.343 e. The molecular formula is C20H14N2O3. The molecule has 1 atom stereocenters. The second-order valence-electron chi connectivity index (χ2n) is 5.95. The standard InChI is InChI=1S/C20H14N2O3/c1-11-8-16-18(20(23)24-11)17(15(10-21)19(22)25-16)14-7-6-12-4-2-3-5-13(12)9-14/h2-9,17H,22H2,1H3/t17-/m0/s1. The van der Waals surface area contributed by atoms with E-state index >= 15 is 0 Å². The third-order valence-electron chi connectivity index (χ3n) is 4.36. The number of benzene rings is 2. The number of ether oxygens (including phenoxy) is 1. The van der Waals surface area contributed by atoms with Crippen LogP contribution in [0.2, 0.25) is 0 Å². The van der Waals surface area contributed by atoms with E-state index in [1.807, 2.05) is 42.5 Å². The largest absolute Gasteiger partial charge is 0.440 e. The highest BCUT2D eigenvalue weighted by molar-refractivity contribution is 5.83. The first-order valence-corrected chi connectivity index (χ1v) is 7.79. The minimum Gasteiger partial charge on any atom is -0.440 e. The molecule has 2 N–H and O–H groups in total. The normalized spacial score (nSPS) is 16.2. The fourth-order valence-corrected chi connectivity index (χ4v) is 3.24. The molecule has 0 spiro atoms.